The number of carbonyl (C=O) groups is 3. The van der Waals surface area contributed by atoms with Crippen LogP contribution in [0.3, 0.4) is 0 Å². The average Bonchev–Trinajstić information content (AvgIpc) is 2.88. The Morgan fingerprint density at radius 2 is 1.63 bits per heavy atom. The van der Waals surface area contributed by atoms with E-state index in [0.29, 0.717) is 11.6 Å². The third-order valence-electron chi connectivity index (χ3n) is 6.13. The zero-order chi connectivity index (χ0) is 27.9. The lowest BCUT2D eigenvalue weighted by atomic mass is 9.95. The maximum Gasteiger partial charge on any atom is 0.303 e. The molecule has 8 nitrogen and oxygen atoms in total. The van der Waals surface area contributed by atoms with Crippen molar-refractivity contribution in [1.29, 1.82) is 0 Å². The number of rotatable bonds is 12. The molecule has 208 valence electrons. The predicted octanol–water partition coefficient (Wildman–Crippen LogP) is 5.24. The van der Waals surface area contributed by atoms with E-state index in [1.54, 1.807) is 12.1 Å². The molecule has 1 aliphatic carbocycles. The first-order chi connectivity index (χ1) is 18.2. The van der Waals surface area contributed by atoms with Crippen LogP contribution in [0.2, 0.25) is 5.02 Å². The summed E-state index contributed by atoms with van der Waals surface area (Å²) < 4.78 is 14.6. The number of amides is 1. The number of benzene rings is 2. The fourth-order valence-corrected chi connectivity index (χ4v) is 4.23. The zero-order valence-electron chi connectivity index (χ0n) is 21.7. The van der Waals surface area contributed by atoms with Crippen molar-refractivity contribution >= 4 is 35.1 Å². The first-order valence-corrected chi connectivity index (χ1v) is 13.3. The summed E-state index contributed by atoms with van der Waals surface area (Å²) in [7, 11) is 0. The lowest BCUT2D eigenvalue weighted by Crippen LogP contribution is -2.36. The van der Waals surface area contributed by atoms with Gasteiger partial charge in [-0.1, -0.05) is 49.9 Å². The van der Waals surface area contributed by atoms with E-state index in [2.05, 4.69) is 22.9 Å². The van der Waals surface area contributed by atoms with E-state index in [9.17, 15) is 18.8 Å². The first kappa shape index (κ1) is 31.1. The van der Waals surface area contributed by atoms with Crippen molar-refractivity contribution in [2.45, 2.75) is 70.9 Å². The molecule has 0 saturated heterocycles. The Morgan fingerprint density at radius 3 is 2.24 bits per heavy atom. The lowest BCUT2D eigenvalue weighted by Gasteiger charge is -2.22. The van der Waals surface area contributed by atoms with Crippen molar-refractivity contribution in [3.8, 4) is 0 Å². The smallest absolute Gasteiger partial charge is 0.303 e. The molecule has 1 fully saturated rings. The summed E-state index contributed by atoms with van der Waals surface area (Å²) in [5.74, 6) is -2.97. The van der Waals surface area contributed by atoms with Crippen LogP contribution in [0.25, 0.3) is 0 Å². The number of anilines is 1. The van der Waals surface area contributed by atoms with Crippen LogP contribution in [0.15, 0.2) is 36.4 Å². The number of aliphatic carboxylic acids is 2. The van der Waals surface area contributed by atoms with E-state index in [-0.39, 0.29) is 30.4 Å². The SMILES string of the molecule is CCNCCc1ccc(Cl)c(NCc2ccc(C(=O)NC3CCCCC3)c(F)c2)c1.O=C(O)CCC(=O)O. The van der Waals surface area contributed by atoms with Gasteiger partial charge in [0, 0.05) is 12.6 Å². The number of nitrogens with one attached hydrogen (secondary N) is 3. The molecule has 0 aromatic heterocycles. The van der Waals surface area contributed by atoms with Gasteiger partial charge in [0.05, 0.1) is 29.1 Å². The van der Waals surface area contributed by atoms with Crippen LogP contribution < -0.4 is 16.0 Å². The molecule has 1 aliphatic rings. The van der Waals surface area contributed by atoms with Crippen molar-refractivity contribution in [2.75, 3.05) is 18.4 Å². The minimum atomic E-state index is -1.08. The summed E-state index contributed by atoms with van der Waals surface area (Å²) in [6, 6.07) is 10.9. The molecular formula is C28H37ClFN3O5. The maximum atomic E-state index is 14.6. The third-order valence-corrected chi connectivity index (χ3v) is 6.46. The molecule has 2 aromatic carbocycles. The van der Waals surface area contributed by atoms with Gasteiger partial charge in [-0.05, 0) is 67.7 Å². The van der Waals surface area contributed by atoms with Crippen LogP contribution in [-0.4, -0.2) is 47.2 Å². The molecule has 0 heterocycles. The van der Waals surface area contributed by atoms with Gasteiger partial charge in [0.25, 0.3) is 5.91 Å². The maximum absolute atomic E-state index is 14.6. The fraction of sp³-hybridized carbons (Fsp3) is 0.464. The largest absolute Gasteiger partial charge is 0.481 e. The van der Waals surface area contributed by atoms with E-state index >= 15 is 0 Å². The number of halogens is 2. The Hall–Kier alpha value is -3.17. The van der Waals surface area contributed by atoms with E-state index in [1.807, 2.05) is 18.2 Å². The quantitative estimate of drug-likeness (QED) is 0.229. The second kappa shape index (κ2) is 16.6. The number of carboxylic acids is 2. The molecule has 0 spiro atoms. The highest BCUT2D eigenvalue weighted by atomic mass is 35.5. The molecule has 5 N–H and O–H groups in total. The summed E-state index contributed by atoms with van der Waals surface area (Å²) in [4.78, 5) is 31.7. The molecule has 10 heteroatoms. The molecule has 0 aliphatic heterocycles. The van der Waals surface area contributed by atoms with Crippen molar-refractivity contribution in [1.82, 2.24) is 10.6 Å². The van der Waals surface area contributed by atoms with Crippen LogP contribution in [0, 0.1) is 5.82 Å². The van der Waals surface area contributed by atoms with Crippen molar-refractivity contribution in [3.63, 3.8) is 0 Å². The Balaban J connectivity index is 0.000000550. The van der Waals surface area contributed by atoms with E-state index in [1.165, 1.54) is 18.1 Å². The topological polar surface area (TPSA) is 128 Å². The molecule has 0 atom stereocenters. The molecule has 0 unspecified atom stereocenters. The van der Waals surface area contributed by atoms with Crippen LogP contribution >= 0.6 is 11.6 Å². The van der Waals surface area contributed by atoms with Crippen LogP contribution in [0.5, 0.6) is 0 Å². The molecule has 0 bridgehead atoms. The van der Waals surface area contributed by atoms with Gasteiger partial charge in [0.15, 0.2) is 0 Å². The van der Waals surface area contributed by atoms with Crippen LogP contribution in [0.1, 0.15) is 73.4 Å². The second-order valence-electron chi connectivity index (χ2n) is 9.18. The molecule has 1 amide bonds. The first-order valence-electron chi connectivity index (χ1n) is 13.0. The lowest BCUT2D eigenvalue weighted by molar-refractivity contribution is -0.143. The van der Waals surface area contributed by atoms with Gasteiger partial charge in [-0.15, -0.1) is 0 Å². The van der Waals surface area contributed by atoms with Gasteiger partial charge < -0.3 is 26.2 Å². The van der Waals surface area contributed by atoms with Crippen molar-refractivity contribution in [3.05, 3.63) is 63.9 Å². The Labute approximate surface area is 228 Å². The minimum Gasteiger partial charge on any atom is -0.481 e. The summed E-state index contributed by atoms with van der Waals surface area (Å²) in [6.45, 7) is 4.36. The summed E-state index contributed by atoms with van der Waals surface area (Å²) in [5.41, 5.74) is 2.87. The highest BCUT2D eigenvalue weighted by molar-refractivity contribution is 6.33. The zero-order valence-corrected chi connectivity index (χ0v) is 22.5. The van der Waals surface area contributed by atoms with Gasteiger partial charge >= 0.3 is 11.9 Å². The van der Waals surface area contributed by atoms with Gasteiger partial charge in [-0.3, -0.25) is 14.4 Å². The summed E-state index contributed by atoms with van der Waals surface area (Å²) >= 11 is 6.31. The fourth-order valence-electron chi connectivity index (χ4n) is 4.05. The van der Waals surface area contributed by atoms with Crippen LogP contribution in [-0.2, 0) is 22.6 Å². The molecule has 2 aromatic rings. The third kappa shape index (κ3) is 11.5. The monoisotopic (exact) mass is 549 g/mol. The van der Waals surface area contributed by atoms with Crippen LogP contribution in [0.4, 0.5) is 10.1 Å². The standard InChI is InChI=1S/C24H31ClFN3O.C4H6O4/c1-2-27-13-12-17-9-11-21(25)23(15-17)28-16-18-8-10-20(22(26)14-18)24(30)29-19-6-4-3-5-7-19;5-3(6)1-2-4(7)8/h8-11,14-15,19,27-28H,2-7,12-13,16H2,1H3,(H,29,30);1-2H2,(H,5,6)(H,7,8). The average molecular weight is 550 g/mol. The highest BCUT2D eigenvalue weighted by Crippen LogP contribution is 2.24. The van der Waals surface area contributed by atoms with Gasteiger partial charge in [-0.25, -0.2) is 4.39 Å². The van der Waals surface area contributed by atoms with E-state index in [0.717, 1.165) is 56.4 Å². The minimum absolute atomic E-state index is 0.104. The number of likely N-dealkylation sites (N-methyl/N-ethyl adjacent to an activating group) is 1. The normalized spacial score (nSPS) is 13.2. The van der Waals surface area contributed by atoms with Gasteiger partial charge in [-0.2, -0.15) is 0 Å². The Kier molecular flexibility index (Phi) is 13.6. The van der Waals surface area contributed by atoms with Crippen molar-refractivity contribution in [2.24, 2.45) is 0 Å². The number of hydrogen-bond donors (Lipinski definition) is 5. The molecule has 38 heavy (non-hydrogen) atoms. The number of hydrogen-bond acceptors (Lipinski definition) is 5. The van der Waals surface area contributed by atoms with E-state index in [4.69, 9.17) is 21.8 Å². The second-order valence-corrected chi connectivity index (χ2v) is 9.59. The van der Waals surface area contributed by atoms with Crippen molar-refractivity contribution < 1.29 is 29.0 Å². The summed E-state index contributed by atoms with van der Waals surface area (Å²) in [5, 5.41) is 26.0. The summed E-state index contributed by atoms with van der Waals surface area (Å²) in [6.07, 6.45) is 5.73. The molecule has 0 radical (unpaired) electrons. The Morgan fingerprint density at radius 1 is 0.974 bits per heavy atom. The van der Waals surface area contributed by atoms with E-state index < -0.39 is 17.8 Å². The van der Waals surface area contributed by atoms with Gasteiger partial charge in [0.1, 0.15) is 5.82 Å². The predicted molar refractivity (Wildman–Crippen MR) is 146 cm³/mol. The molecule has 3 rings (SSSR count). The molecular weight excluding hydrogens is 513 g/mol. The Bertz CT molecular complexity index is 1060. The number of carbonyl (C=O) groups excluding carboxylic acids is 1. The number of carboxylic acid groups (broad SMARTS) is 2. The van der Waals surface area contributed by atoms with Gasteiger partial charge in [0.2, 0.25) is 0 Å². The molecule has 1 saturated carbocycles. The highest BCUT2D eigenvalue weighted by Gasteiger charge is 2.19.